The summed E-state index contributed by atoms with van der Waals surface area (Å²) in [7, 11) is 1.65. The zero-order valence-electron chi connectivity index (χ0n) is 9.32. The van der Waals surface area contributed by atoms with Gasteiger partial charge < -0.3 is 15.4 Å². The highest BCUT2D eigenvalue weighted by Gasteiger charge is 2.20. The Bertz CT molecular complexity index is 379. The average Bonchev–Trinajstić information content (AvgIpc) is 2.54. The second kappa shape index (κ2) is 4.99. The van der Waals surface area contributed by atoms with Crippen molar-refractivity contribution in [2.24, 2.45) is 0 Å². The number of ether oxygens (including phenoxy) is 1. The van der Waals surface area contributed by atoms with Crippen molar-refractivity contribution in [1.29, 1.82) is 0 Å². The molecule has 86 valence electrons. The summed E-state index contributed by atoms with van der Waals surface area (Å²) < 4.78 is 5.30. The Labute approximate surface area is 95.0 Å². The van der Waals surface area contributed by atoms with E-state index < -0.39 is 0 Å². The van der Waals surface area contributed by atoms with E-state index in [1.165, 1.54) is 0 Å². The van der Waals surface area contributed by atoms with E-state index in [1.54, 1.807) is 7.11 Å². The van der Waals surface area contributed by atoms with E-state index in [4.69, 9.17) is 4.74 Å². The fourth-order valence-corrected chi connectivity index (χ4v) is 1.95. The van der Waals surface area contributed by atoms with E-state index in [1.807, 2.05) is 24.3 Å². The summed E-state index contributed by atoms with van der Waals surface area (Å²) in [4.78, 5) is 11.5. The lowest BCUT2D eigenvalue weighted by Crippen LogP contribution is -2.24. The van der Waals surface area contributed by atoms with Gasteiger partial charge in [0.2, 0.25) is 5.91 Å². The van der Waals surface area contributed by atoms with Gasteiger partial charge in [0, 0.05) is 31.1 Å². The molecular weight excluding hydrogens is 204 g/mol. The highest BCUT2D eigenvalue weighted by molar-refractivity contribution is 5.77. The molecule has 1 aromatic carbocycles. The van der Waals surface area contributed by atoms with Crippen LogP contribution in [0.2, 0.25) is 0 Å². The number of benzene rings is 1. The van der Waals surface area contributed by atoms with E-state index in [9.17, 15) is 4.79 Å². The number of amides is 1. The molecular formula is C12H16N2O2. The summed E-state index contributed by atoms with van der Waals surface area (Å²) in [6.07, 6.45) is 0.459. The zero-order chi connectivity index (χ0) is 11.4. The number of carbonyl (C=O) groups is 1. The molecule has 1 saturated heterocycles. The Hall–Kier alpha value is -1.55. The number of carbonyl (C=O) groups excluding carboxylic acids is 1. The fourth-order valence-electron chi connectivity index (χ4n) is 1.95. The molecule has 1 aliphatic rings. The third-order valence-electron chi connectivity index (χ3n) is 2.74. The topological polar surface area (TPSA) is 50.4 Å². The maximum atomic E-state index is 11.5. The van der Waals surface area contributed by atoms with Crippen molar-refractivity contribution in [2.45, 2.75) is 12.5 Å². The standard InChI is InChI=1S/C12H16N2O2/c1-16-11-5-3-2-4-9(11)10-8-12(15)14-7-6-13-10/h2-5,10,13H,6-8H2,1H3,(H,14,15). The molecule has 4 nitrogen and oxygen atoms in total. The Balaban J connectivity index is 2.24. The zero-order valence-corrected chi connectivity index (χ0v) is 9.32. The van der Waals surface area contributed by atoms with Crippen molar-refractivity contribution >= 4 is 5.91 Å². The lowest BCUT2D eigenvalue weighted by Gasteiger charge is -2.17. The first-order valence-electron chi connectivity index (χ1n) is 5.44. The number of methoxy groups -OCH3 is 1. The molecule has 1 aliphatic heterocycles. The predicted octanol–water partition coefficient (Wildman–Crippen LogP) is 0.846. The molecule has 2 rings (SSSR count). The van der Waals surface area contributed by atoms with Crippen LogP contribution in [-0.2, 0) is 4.79 Å². The Morgan fingerprint density at radius 2 is 2.12 bits per heavy atom. The molecule has 1 aromatic rings. The van der Waals surface area contributed by atoms with Gasteiger partial charge in [-0.3, -0.25) is 4.79 Å². The second-order valence-corrected chi connectivity index (χ2v) is 3.80. The van der Waals surface area contributed by atoms with E-state index in [0.29, 0.717) is 13.0 Å². The fraction of sp³-hybridized carbons (Fsp3) is 0.417. The maximum Gasteiger partial charge on any atom is 0.221 e. The number of hydrogen-bond donors (Lipinski definition) is 2. The number of nitrogens with one attached hydrogen (secondary N) is 2. The number of para-hydroxylation sites is 1. The second-order valence-electron chi connectivity index (χ2n) is 3.80. The van der Waals surface area contributed by atoms with Gasteiger partial charge in [0.25, 0.3) is 0 Å². The Morgan fingerprint density at radius 1 is 1.31 bits per heavy atom. The van der Waals surface area contributed by atoms with Crippen molar-refractivity contribution in [2.75, 3.05) is 20.2 Å². The molecule has 0 aliphatic carbocycles. The minimum atomic E-state index is 0.0404. The molecule has 0 bridgehead atoms. The Kier molecular flexibility index (Phi) is 3.41. The van der Waals surface area contributed by atoms with Gasteiger partial charge in [0.1, 0.15) is 5.75 Å². The molecule has 0 saturated carbocycles. The lowest BCUT2D eigenvalue weighted by atomic mass is 10.0. The molecule has 2 N–H and O–H groups in total. The molecule has 4 heteroatoms. The Morgan fingerprint density at radius 3 is 2.94 bits per heavy atom. The summed E-state index contributed by atoms with van der Waals surface area (Å²) in [6, 6.07) is 7.84. The highest BCUT2D eigenvalue weighted by atomic mass is 16.5. The summed E-state index contributed by atoms with van der Waals surface area (Å²) in [5.41, 5.74) is 1.04. The van der Waals surface area contributed by atoms with Gasteiger partial charge in [-0.05, 0) is 6.07 Å². The first kappa shape index (κ1) is 11.0. The molecule has 1 fully saturated rings. The van der Waals surface area contributed by atoms with Crippen molar-refractivity contribution in [3.8, 4) is 5.75 Å². The van der Waals surface area contributed by atoms with Crippen LogP contribution in [0, 0.1) is 0 Å². The van der Waals surface area contributed by atoms with Crippen LogP contribution in [0.1, 0.15) is 18.0 Å². The largest absolute Gasteiger partial charge is 0.496 e. The first-order chi connectivity index (χ1) is 7.81. The van der Waals surface area contributed by atoms with Crippen LogP contribution < -0.4 is 15.4 Å². The van der Waals surface area contributed by atoms with Gasteiger partial charge in [0.05, 0.1) is 7.11 Å². The van der Waals surface area contributed by atoms with Gasteiger partial charge in [-0.1, -0.05) is 18.2 Å². The van der Waals surface area contributed by atoms with Crippen molar-refractivity contribution in [3.63, 3.8) is 0 Å². The minimum absolute atomic E-state index is 0.0404. The van der Waals surface area contributed by atoms with E-state index >= 15 is 0 Å². The normalized spacial score (nSPS) is 21.1. The van der Waals surface area contributed by atoms with Crippen LogP contribution in [-0.4, -0.2) is 26.1 Å². The molecule has 1 heterocycles. The van der Waals surface area contributed by atoms with Gasteiger partial charge >= 0.3 is 0 Å². The number of rotatable bonds is 2. The minimum Gasteiger partial charge on any atom is -0.496 e. The van der Waals surface area contributed by atoms with Gasteiger partial charge in [-0.15, -0.1) is 0 Å². The summed E-state index contributed by atoms with van der Waals surface area (Å²) in [5.74, 6) is 0.913. The van der Waals surface area contributed by atoms with Crippen LogP contribution >= 0.6 is 0 Å². The maximum absolute atomic E-state index is 11.5. The molecule has 0 aromatic heterocycles. The lowest BCUT2D eigenvalue weighted by molar-refractivity contribution is -0.121. The average molecular weight is 220 g/mol. The first-order valence-corrected chi connectivity index (χ1v) is 5.44. The molecule has 0 spiro atoms. The van der Waals surface area contributed by atoms with E-state index in [2.05, 4.69) is 10.6 Å². The number of hydrogen-bond acceptors (Lipinski definition) is 3. The van der Waals surface area contributed by atoms with E-state index in [0.717, 1.165) is 17.9 Å². The van der Waals surface area contributed by atoms with Crippen LogP contribution in [0.5, 0.6) is 5.75 Å². The smallest absolute Gasteiger partial charge is 0.221 e. The summed E-state index contributed by atoms with van der Waals surface area (Å²) in [5, 5.41) is 6.18. The van der Waals surface area contributed by atoms with Gasteiger partial charge in [0.15, 0.2) is 0 Å². The quantitative estimate of drug-likeness (QED) is 0.776. The van der Waals surface area contributed by atoms with Crippen LogP contribution in [0.15, 0.2) is 24.3 Å². The highest BCUT2D eigenvalue weighted by Crippen LogP contribution is 2.27. The van der Waals surface area contributed by atoms with Crippen LogP contribution in [0.4, 0.5) is 0 Å². The van der Waals surface area contributed by atoms with Crippen molar-refractivity contribution in [1.82, 2.24) is 10.6 Å². The monoisotopic (exact) mass is 220 g/mol. The van der Waals surface area contributed by atoms with Gasteiger partial charge in [-0.25, -0.2) is 0 Å². The molecule has 1 unspecified atom stereocenters. The van der Waals surface area contributed by atoms with Crippen LogP contribution in [0.25, 0.3) is 0 Å². The molecule has 0 radical (unpaired) electrons. The van der Waals surface area contributed by atoms with Crippen LogP contribution in [0.3, 0.4) is 0 Å². The molecule has 1 amide bonds. The summed E-state index contributed by atoms with van der Waals surface area (Å²) >= 11 is 0. The SMILES string of the molecule is COc1ccccc1C1CC(=O)NCCN1. The van der Waals surface area contributed by atoms with Crippen molar-refractivity contribution < 1.29 is 9.53 Å². The molecule has 1 atom stereocenters. The van der Waals surface area contributed by atoms with Crippen molar-refractivity contribution in [3.05, 3.63) is 29.8 Å². The molecule has 16 heavy (non-hydrogen) atoms. The third-order valence-corrected chi connectivity index (χ3v) is 2.74. The third kappa shape index (κ3) is 2.33. The van der Waals surface area contributed by atoms with E-state index in [-0.39, 0.29) is 11.9 Å². The summed E-state index contributed by atoms with van der Waals surface area (Å²) in [6.45, 7) is 1.47. The predicted molar refractivity (Wildman–Crippen MR) is 61.4 cm³/mol. The van der Waals surface area contributed by atoms with Gasteiger partial charge in [-0.2, -0.15) is 0 Å².